The molecule has 5 heteroatoms. The number of benzene rings is 1. The van der Waals surface area contributed by atoms with E-state index in [9.17, 15) is 8.42 Å². The van der Waals surface area contributed by atoms with E-state index in [0.717, 1.165) is 22.2 Å². The zero-order chi connectivity index (χ0) is 14.8. The summed E-state index contributed by atoms with van der Waals surface area (Å²) >= 11 is 0. The Balaban J connectivity index is 2.38. The highest BCUT2D eigenvalue weighted by Gasteiger charge is 2.17. The minimum Gasteiger partial charge on any atom is -0.327 e. The highest BCUT2D eigenvalue weighted by Crippen LogP contribution is 2.20. The van der Waals surface area contributed by atoms with Crippen molar-refractivity contribution in [2.24, 2.45) is 5.73 Å². The molecule has 1 heterocycles. The SMILES string of the molecule is CCC(N)CS(=O)(=O)Cc1cc(C)nc2ccccc12. The number of sulfone groups is 1. The molecule has 2 aromatic rings. The lowest BCUT2D eigenvalue weighted by molar-refractivity contribution is 0.583. The first-order chi connectivity index (χ1) is 9.41. The Hall–Kier alpha value is -1.46. The number of rotatable bonds is 5. The highest BCUT2D eigenvalue weighted by molar-refractivity contribution is 7.90. The normalized spacial score (nSPS) is 13.6. The highest BCUT2D eigenvalue weighted by atomic mass is 32.2. The molecule has 0 spiro atoms. The average Bonchev–Trinajstić information content (AvgIpc) is 2.37. The molecule has 0 aliphatic carbocycles. The zero-order valence-corrected chi connectivity index (χ0v) is 12.7. The fourth-order valence-corrected chi connectivity index (χ4v) is 3.97. The van der Waals surface area contributed by atoms with Gasteiger partial charge in [0, 0.05) is 17.1 Å². The maximum atomic E-state index is 12.2. The lowest BCUT2D eigenvalue weighted by Gasteiger charge is -2.12. The topological polar surface area (TPSA) is 73.1 Å². The Kier molecular flexibility index (Phi) is 4.40. The molecule has 108 valence electrons. The van der Waals surface area contributed by atoms with Crippen molar-refractivity contribution in [1.82, 2.24) is 4.98 Å². The van der Waals surface area contributed by atoms with Gasteiger partial charge in [-0.3, -0.25) is 4.98 Å². The minimum atomic E-state index is -3.21. The van der Waals surface area contributed by atoms with Crippen molar-refractivity contribution >= 4 is 20.7 Å². The van der Waals surface area contributed by atoms with Gasteiger partial charge in [0.2, 0.25) is 0 Å². The molecule has 2 rings (SSSR count). The lowest BCUT2D eigenvalue weighted by Crippen LogP contribution is -2.29. The van der Waals surface area contributed by atoms with Crippen LogP contribution in [-0.2, 0) is 15.6 Å². The molecule has 1 aromatic carbocycles. The van der Waals surface area contributed by atoms with Crippen LogP contribution < -0.4 is 5.73 Å². The van der Waals surface area contributed by atoms with E-state index in [1.54, 1.807) is 0 Å². The maximum Gasteiger partial charge on any atom is 0.155 e. The minimum absolute atomic E-state index is 0.0184. The molecule has 2 N–H and O–H groups in total. The van der Waals surface area contributed by atoms with Crippen molar-refractivity contribution in [3.63, 3.8) is 0 Å². The number of para-hydroxylation sites is 1. The standard InChI is InChI=1S/C15H20N2O2S/c1-3-13(16)10-20(18,19)9-12-8-11(2)17-15-7-5-4-6-14(12)15/h4-8,13H,3,9-10,16H2,1-2H3. The molecule has 4 nitrogen and oxygen atoms in total. The zero-order valence-electron chi connectivity index (χ0n) is 11.8. The van der Waals surface area contributed by atoms with Crippen LogP contribution in [0, 0.1) is 6.92 Å². The van der Waals surface area contributed by atoms with Gasteiger partial charge >= 0.3 is 0 Å². The Labute approximate surface area is 119 Å². The molecular formula is C15H20N2O2S. The third-order valence-electron chi connectivity index (χ3n) is 3.30. The van der Waals surface area contributed by atoms with Crippen molar-refractivity contribution < 1.29 is 8.42 Å². The van der Waals surface area contributed by atoms with E-state index in [2.05, 4.69) is 4.98 Å². The molecule has 0 fully saturated rings. The smallest absolute Gasteiger partial charge is 0.155 e. The maximum absolute atomic E-state index is 12.2. The number of hydrogen-bond donors (Lipinski definition) is 1. The lowest BCUT2D eigenvalue weighted by atomic mass is 10.1. The number of nitrogens with zero attached hydrogens (tertiary/aromatic N) is 1. The molecule has 0 amide bonds. The van der Waals surface area contributed by atoms with Crippen LogP contribution in [0.2, 0.25) is 0 Å². The van der Waals surface area contributed by atoms with Crippen LogP contribution in [0.4, 0.5) is 0 Å². The number of aryl methyl sites for hydroxylation is 1. The van der Waals surface area contributed by atoms with Gasteiger partial charge in [-0.25, -0.2) is 8.42 Å². The van der Waals surface area contributed by atoms with Crippen LogP contribution in [0.5, 0.6) is 0 Å². The van der Waals surface area contributed by atoms with Crippen LogP contribution in [0.25, 0.3) is 10.9 Å². The van der Waals surface area contributed by atoms with Crippen molar-refractivity contribution in [2.45, 2.75) is 32.1 Å². The van der Waals surface area contributed by atoms with Crippen LogP contribution in [0.1, 0.15) is 24.6 Å². The second-order valence-corrected chi connectivity index (χ2v) is 7.27. The Morgan fingerprint density at radius 2 is 2.00 bits per heavy atom. The van der Waals surface area contributed by atoms with Gasteiger partial charge in [0.25, 0.3) is 0 Å². The van der Waals surface area contributed by atoms with E-state index in [1.165, 1.54) is 0 Å². The predicted molar refractivity (Wildman–Crippen MR) is 82.2 cm³/mol. The molecule has 0 aliphatic heterocycles. The summed E-state index contributed by atoms with van der Waals surface area (Å²) in [5.41, 5.74) is 8.22. The third-order valence-corrected chi connectivity index (χ3v) is 4.98. The van der Waals surface area contributed by atoms with E-state index in [-0.39, 0.29) is 17.5 Å². The van der Waals surface area contributed by atoms with Gasteiger partial charge < -0.3 is 5.73 Å². The second kappa shape index (κ2) is 5.89. The molecule has 0 radical (unpaired) electrons. The summed E-state index contributed by atoms with van der Waals surface area (Å²) in [6, 6.07) is 9.15. The first-order valence-electron chi connectivity index (χ1n) is 6.72. The van der Waals surface area contributed by atoms with Crippen molar-refractivity contribution in [1.29, 1.82) is 0 Å². The average molecular weight is 292 g/mol. The molecule has 0 saturated heterocycles. The van der Waals surface area contributed by atoms with Gasteiger partial charge in [-0.1, -0.05) is 25.1 Å². The van der Waals surface area contributed by atoms with Crippen LogP contribution in [-0.4, -0.2) is 25.2 Å². The van der Waals surface area contributed by atoms with E-state index in [0.29, 0.717) is 6.42 Å². The molecule has 0 bridgehead atoms. The third kappa shape index (κ3) is 3.55. The van der Waals surface area contributed by atoms with Gasteiger partial charge in [-0.2, -0.15) is 0 Å². The number of pyridine rings is 1. The summed E-state index contributed by atoms with van der Waals surface area (Å²) in [7, 11) is -3.21. The van der Waals surface area contributed by atoms with Crippen molar-refractivity contribution in [2.75, 3.05) is 5.75 Å². The van der Waals surface area contributed by atoms with Gasteiger partial charge in [0.1, 0.15) is 0 Å². The van der Waals surface area contributed by atoms with E-state index in [1.807, 2.05) is 44.2 Å². The monoisotopic (exact) mass is 292 g/mol. The summed E-state index contributed by atoms with van der Waals surface area (Å²) in [6.07, 6.45) is 0.662. The summed E-state index contributed by atoms with van der Waals surface area (Å²) in [6.45, 7) is 3.77. The summed E-state index contributed by atoms with van der Waals surface area (Å²) in [4.78, 5) is 4.42. The first-order valence-corrected chi connectivity index (χ1v) is 8.54. The van der Waals surface area contributed by atoms with Gasteiger partial charge in [-0.05, 0) is 31.0 Å². The molecule has 1 aromatic heterocycles. The Morgan fingerprint density at radius 1 is 1.30 bits per heavy atom. The molecule has 0 aliphatic rings. The van der Waals surface area contributed by atoms with Gasteiger partial charge in [-0.15, -0.1) is 0 Å². The van der Waals surface area contributed by atoms with E-state index in [4.69, 9.17) is 5.73 Å². The molecule has 0 saturated carbocycles. The summed E-state index contributed by atoms with van der Waals surface area (Å²) < 4.78 is 24.4. The molecule has 1 unspecified atom stereocenters. The number of hydrogen-bond acceptors (Lipinski definition) is 4. The first kappa shape index (κ1) is 14.9. The molecule has 1 atom stereocenters. The quantitative estimate of drug-likeness (QED) is 0.917. The Morgan fingerprint density at radius 3 is 2.70 bits per heavy atom. The number of fused-ring (bicyclic) bond motifs is 1. The van der Waals surface area contributed by atoms with Crippen molar-refractivity contribution in [3.8, 4) is 0 Å². The predicted octanol–water partition coefficient (Wildman–Crippen LogP) is 2.20. The number of nitrogens with two attached hydrogens (primary N) is 1. The fraction of sp³-hybridized carbons (Fsp3) is 0.400. The molecular weight excluding hydrogens is 272 g/mol. The van der Waals surface area contributed by atoms with Crippen LogP contribution >= 0.6 is 0 Å². The van der Waals surface area contributed by atoms with E-state index >= 15 is 0 Å². The van der Waals surface area contributed by atoms with Crippen LogP contribution in [0.15, 0.2) is 30.3 Å². The van der Waals surface area contributed by atoms with Gasteiger partial charge in [0.05, 0.1) is 17.0 Å². The van der Waals surface area contributed by atoms with Crippen LogP contribution in [0.3, 0.4) is 0 Å². The Bertz CT molecular complexity index is 711. The summed E-state index contributed by atoms with van der Waals surface area (Å²) in [5, 5.41) is 0.895. The van der Waals surface area contributed by atoms with Gasteiger partial charge in [0.15, 0.2) is 9.84 Å². The van der Waals surface area contributed by atoms with Crippen molar-refractivity contribution in [3.05, 3.63) is 41.6 Å². The fourth-order valence-electron chi connectivity index (χ4n) is 2.25. The molecule has 20 heavy (non-hydrogen) atoms. The second-order valence-electron chi connectivity index (χ2n) is 5.16. The van der Waals surface area contributed by atoms with E-state index < -0.39 is 9.84 Å². The number of aromatic nitrogens is 1. The largest absolute Gasteiger partial charge is 0.327 e. The summed E-state index contributed by atoms with van der Waals surface area (Å²) in [5.74, 6) is 0.0454.